The molecule has 0 saturated carbocycles. The molecule has 0 bridgehead atoms. The lowest BCUT2D eigenvalue weighted by Gasteiger charge is -2.15. The molecule has 2 aromatic carbocycles. The third-order valence-electron chi connectivity index (χ3n) is 5.16. The number of aryl methyl sites for hydroxylation is 1. The number of amides is 2. The van der Waals surface area contributed by atoms with Gasteiger partial charge < -0.3 is 15.0 Å². The number of likely N-dealkylation sites (tertiary alicyclic amines) is 1. The highest BCUT2D eigenvalue weighted by molar-refractivity contribution is 6.04. The Bertz CT molecular complexity index is 1050. The quantitative estimate of drug-likeness (QED) is 0.704. The standard InChI is InChI=1S/C23H24N4O3/c1-16-15-21(27(25-16)19-9-11-20(30-2)12-10-19)22(28)24-18-7-5-17(6-8-18)23(29)26-13-3-4-14-26/h5-12,15H,3-4,13-14H2,1-2H3,(H,24,28). The van der Waals surface area contributed by atoms with E-state index in [-0.39, 0.29) is 11.8 Å². The molecule has 7 nitrogen and oxygen atoms in total. The Morgan fingerprint density at radius 2 is 1.67 bits per heavy atom. The average Bonchev–Trinajstić information content (AvgIpc) is 3.44. The van der Waals surface area contributed by atoms with Gasteiger partial charge in [0, 0.05) is 24.3 Å². The monoisotopic (exact) mass is 404 g/mol. The number of anilines is 1. The van der Waals surface area contributed by atoms with Crippen LogP contribution in [-0.4, -0.2) is 46.7 Å². The van der Waals surface area contributed by atoms with E-state index in [4.69, 9.17) is 4.74 Å². The van der Waals surface area contributed by atoms with Crippen molar-refractivity contribution < 1.29 is 14.3 Å². The molecule has 30 heavy (non-hydrogen) atoms. The van der Waals surface area contributed by atoms with Crippen LogP contribution >= 0.6 is 0 Å². The second kappa shape index (κ2) is 8.41. The normalized spacial score (nSPS) is 13.3. The van der Waals surface area contributed by atoms with E-state index in [1.807, 2.05) is 36.1 Å². The van der Waals surface area contributed by atoms with E-state index in [0.717, 1.165) is 43.1 Å². The third kappa shape index (κ3) is 4.05. The van der Waals surface area contributed by atoms with Gasteiger partial charge in [0.05, 0.1) is 18.5 Å². The van der Waals surface area contributed by atoms with Crippen molar-refractivity contribution in [3.8, 4) is 11.4 Å². The minimum absolute atomic E-state index is 0.0404. The molecule has 2 amide bonds. The Balaban J connectivity index is 1.50. The van der Waals surface area contributed by atoms with Crippen molar-refractivity contribution in [3.63, 3.8) is 0 Å². The molecule has 1 N–H and O–H groups in total. The van der Waals surface area contributed by atoms with Crippen LogP contribution in [0.1, 0.15) is 39.4 Å². The van der Waals surface area contributed by atoms with Crippen LogP contribution in [-0.2, 0) is 0 Å². The number of rotatable bonds is 5. The summed E-state index contributed by atoms with van der Waals surface area (Å²) in [7, 11) is 1.61. The lowest BCUT2D eigenvalue weighted by molar-refractivity contribution is 0.0792. The second-order valence-corrected chi connectivity index (χ2v) is 7.31. The van der Waals surface area contributed by atoms with Crippen molar-refractivity contribution in [2.75, 3.05) is 25.5 Å². The van der Waals surface area contributed by atoms with Crippen molar-refractivity contribution in [2.24, 2.45) is 0 Å². The molecule has 2 heterocycles. The van der Waals surface area contributed by atoms with Crippen LogP contribution in [0.2, 0.25) is 0 Å². The number of methoxy groups -OCH3 is 1. The van der Waals surface area contributed by atoms with Crippen LogP contribution < -0.4 is 10.1 Å². The van der Waals surface area contributed by atoms with Gasteiger partial charge >= 0.3 is 0 Å². The molecule has 4 rings (SSSR count). The lowest BCUT2D eigenvalue weighted by atomic mass is 10.2. The van der Waals surface area contributed by atoms with Crippen LogP contribution in [0.25, 0.3) is 5.69 Å². The van der Waals surface area contributed by atoms with Crippen molar-refractivity contribution in [1.29, 1.82) is 0 Å². The largest absolute Gasteiger partial charge is 0.497 e. The number of carbonyl (C=O) groups is 2. The predicted molar refractivity (Wildman–Crippen MR) is 114 cm³/mol. The van der Waals surface area contributed by atoms with Gasteiger partial charge in [-0.05, 0) is 74.4 Å². The molecule has 1 aliphatic rings. The van der Waals surface area contributed by atoms with Crippen LogP contribution in [0.15, 0.2) is 54.6 Å². The minimum Gasteiger partial charge on any atom is -0.497 e. The van der Waals surface area contributed by atoms with Gasteiger partial charge in [-0.25, -0.2) is 4.68 Å². The van der Waals surface area contributed by atoms with E-state index in [1.54, 1.807) is 42.1 Å². The van der Waals surface area contributed by atoms with Crippen LogP contribution in [0.3, 0.4) is 0 Å². The first-order valence-electron chi connectivity index (χ1n) is 9.97. The Morgan fingerprint density at radius 1 is 1.00 bits per heavy atom. The molecule has 0 aliphatic carbocycles. The van der Waals surface area contributed by atoms with Gasteiger partial charge in [-0.3, -0.25) is 9.59 Å². The van der Waals surface area contributed by atoms with Crippen molar-refractivity contribution in [2.45, 2.75) is 19.8 Å². The summed E-state index contributed by atoms with van der Waals surface area (Å²) >= 11 is 0. The van der Waals surface area contributed by atoms with Gasteiger partial charge in [0.1, 0.15) is 11.4 Å². The summed E-state index contributed by atoms with van der Waals surface area (Å²) in [4.78, 5) is 27.2. The van der Waals surface area contributed by atoms with Crippen molar-refractivity contribution >= 4 is 17.5 Å². The number of benzene rings is 2. The molecule has 1 saturated heterocycles. The Kier molecular flexibility index (Phi) is 5.52. The maximum atomic E-state index is 12.9. The summed E-state index contributed by atoms with van der Waals surface area (Å²) in [6, 6.07) is 16.1. The number of hydrogen-bond donors (Lipinski definition) is 1. The second-order valence-electron chi connectivity index (χ2n) is 7.31. The number of aromatic nitrogens is 2. The lowest BCUT2D eigenvalue weighted by Crippen LogP contribution is -2.27. The first-order chi connectivity index (χ1) is 14.5. The van der Waals surface area contributed by atoms with Gasteiger partial charge in [-0.1, -0.05) is 0 Å². The van der Waals surface area contributed by atoms with E-state index in [0.29, 0.717) is 16.9 Å². The van der Waals surface area contributed by atoms with E-state index in [1.165, 1.54) is 0 Å². The molecule has 0 spiro atoms. The number of carbonyl (C=O) groups excluding carboxylic acids is 2. The SMILES string of the molecule is COc1ccc(-n2nc(C)cc2C(=O)Nc2ccc(C(=O)N3CCCC3)cc2)cc1. The van der Waals surface area contributed by atoms with Gasteiger partial charge in [-0.15, -0.1) is 0 Å². The van der Waals surface area contributed by atoms with Crippen LogP contribution in [0.4, 0.5) is 5.69 Å². The average molecular weight is 404 g/mol. The molecule has 0 radical (unpaired) electrons. The summed E-state index contributed by atoms with van der Waals surface area (Å²) in [6.45, 7) is 3.47. The van der Waals surface area contributed by atoms with Crippen LogP contribution in [0.5, 0.6) is 5.75 Å². The van der Waals surface area contributed by atoms with E-state index < -0.39 is 0 Å². The van der Waals surface area contributed by atoms with Gasteiger partial charge in [-0.2, -0.15) is 5.10 Å². The number of ether oxygens (including phenoxy) is 1. The van der Waals surface area contributed by atoms with Gasteiger partial charge in [0.15, 0.2) is 0 Å². The molecule has 0 atom stereocenters. The Morgan fingerprint density at radius 3 is 2.30 bits per heavy atom. The topological polar surface area (TPSA) is 76.5 Å². The molecule has 1 aliphatic heterocycles. The molecule has 1 fully saturated rings. The molecule has 1 aromatic heterocycles. The molecular formula is C23H24N4O3. The smallest absolute Gasteiger partial charge is 0.274 e. The fourth-order valence-corrected chi connectivity index (χ4v) is 3.58. The molecule has 3 aromatic rings. The number of hydrogen-bond acceptors (Lipinski definition) is 4. The van der Waals surface area contributed by atoms with Gasteiger partial charge in [0.2, 0.25) is 0 Å². The number of nitrogens with one attached hydrogen (secondary N) is 1. The zero-order valence-electron chi connectivity index (χ0n) is 17.1. The molecule has 0 unspecified atom stereocenters. The fourth-order valence-electron chi connectivity index (χ4n) is 3.58. The molecular weight excluding hydrogens is 380 g/mol. The maximum absolute atomic E-state index is 12.9. The Labute approximate surface area is 175 Å². The highest BCUT2D eigenvalue weighted by Gasteiger charge is 2.20. The zero-order valence-corrected chi connectivity index (χ0v) is 17.1. The highest BCUT2D eigenvalue weighted by atomic mass is 16.5. The summed E-state index contributed by atoms with van der Waals surface area (Å²) < 4.78 is 6.80. The van der Waals surface area contributed by atoms with E-state index >= 15 is 0 Å². The van der Waals surface area contributed by atoms with Crippen molar-refractivity contribution in [3.05, 3.63) is 71.5 Å². The highest BCUT2D eigenvalue weighted by Crippen LogP contribution is 2.19. The predicted octanol–water partition coefficient (Wildman–Crippen LogP) is 3.68. The van der Waals surface area contributed by atoms with E-state index in [2.05, 4.69) is 10.4 Å². The maximum Gasteiger partial charge on any atom is 0.274 e. The number of nitrogens with zero attached hydrogens (tertiary/aromatic N) is 3. The minimum atomic E-state index is -0.273. The van der Waals surface area contributed by atoms with Gasteiger partial charge in [0.25, 0.3) is 11.8 Å². The molecule has 7 heteroatoms. The van der Waals surface area contributed by atoms with Crippen molar-refractivity contribution in [1.82, 2.24) is 14.7 Å². The Hall–Kier alpha value is -3.61. The summed E-state index contributed by atoms with van der Waals surface area (Å²) in [5.41, 5.74) is 3.19. The zero-order chi connectivity index (χ0) is 21.1. The molecule has 154 valence electrons. The fraction of sp³-hybridized carbons (Fsp3) is 0.261. The first kappa shape index (κ1) is 19.7. The summed E-state index contributed by atoms with van der Waals surface area (Å²) in [5, 5.41) is 7.34. The summed E-state index contributed by atoms with van der Waals surface area (Å²) in [5.74, 6) is 0.501. The summed E-state index contributed by atoms with van der Waals surface area (Å²) in [6.07, 6.45) is 2.11. The third-order valence-corrected chi connectivity index (χ3v) is 5.16. The van der Waals surface area contributed by atoms with Crippen LogP contribution in [0, 0.1) is 6.92 Å². The van der Waals surface area contributed by atoms with E-state index in [9.17, 15) is 9.59 Å². The first-order valence-corrected chi connectivity index (χ1v) is 9.97.